The molecule has 3 aliphatic rings. The third-order valence-corrected chi connectivity index (χ3v) is 5.89. The van der Waals surface area contributed by atoms with E-state index < -0.39 is 0 Å². The first kappa shape index (κ1) is 16.1. The summed E-state index contributed by atoms with van der Waals surface area (Å²) in [5.74, 6) is 0.354. The minimum atomic E-state index is -0.220. The summed E-state index contributed by atoms with van der Waals surface area (Å²) in [6.07, 6.45) is 6.49. The van der Waals surface area contributed by atoms with E-state index in [0.29, 0.717) is 18.0 Å². The zero-order valence-corrected chi connectivity index (χ0v) is 14.4. The SMILES string of the molecule is O=C(N1CCCC(NC2CCOCC2)C1)C1(c2ccccc2)CC1. The monoisotopic (exact) mass is 328 g/mol. The van der Waals surface area contributed by atoms with Crippen LogP contribution >= 0.6 is 0 Å². The Bertz CT molecular complexity index is 564. The van der Waals surface area contributed by atoms with E-state index in [-0.39, 0.29) is 5.41 Å². The van der Waals surface area contributed by atoms with Gasteiger partial charge in [-0.05, 0) is 44.1 Å². The van der Waals surface area contributed by atoms with Crippen molar-refractivity contribution >= 4 is 5.91 Å². The lowest BCUT2D eigenvalue weighted by Gasteiger charge is -2.38. The molecule has 24 heavy (non-hydrogen) atoms. The first-order valence-electron chi connectivity index (χ1n) is 9.47. The van der Waals surface area contributed by atoms with E-state index in [1.807, 2.05) is 18.2 Å². The number of benzene rings is 1. The summed E-state index contributed by atoms with van der Waals surface area (Å²) in [4.78, 5) is 15.3. The number of ether oxygens (including phenoxy) is 1. The van der Waals surface area contributed by atoms with Gasteiger partial charge in [-0.25, -0.2) is 0 Å². The van der Waals surface area contributed by atoms with Gasteiger partial charge in [-0.1, -0.05) is 30.3 Å². The molecule has 4 heteroatoms. The smallest absolute Gasteiger partial charge is 0.233 e. The van der Waals surface area contributed by atoms with E-state index in [0.717, 1.165) is 58.4 Å². The molecule has 0 spiro atoms. The van der Waals surface area contributed by atoms with Gasteiger partial charge < -0.3 is 15.0 Å². The van der Waals surface area contributed by atoms with Crippen molar-refractivity contribution in [1.29, 1.82) is 0 Å². The van der Waals surface area contributed by atoms with Crippen LogP contribution in [0.2, 0.25) is 0 Å². The number of nitrogens with zero attached hydrogens (tertiary/aromatic N) is 1. The Kier molecular flexibility index (Phi) is 4.59. The molecule has 1 atom stereocenters. The van der Waals surface area contributed by atoms with Crippen molar-refractivity contribution in [2.24, 2.45) is 0 Å². The van der Waals surface area contributed by atoms with Gasteiger partial charge >= 0.3 is 0 Å². The fourth-order valence-corrected chi connectivity index (χ4v) is 4.31. The molecule has 130 valence electrons. The van der Waals surface area contributed by atoms with Crippen LogP contribution in [0.15, 0.2) is 30.3 Å². The summed E-state index contributed by atoms with van der Waals surface area (Å²) >= 11 is 0. The van der Waals surface area contributed by atoms with Crippen LogP contribution in [-0.2, 0) is 14.9 Å². The Balaban J connectivity index is 1.39. The fourth-order valence-electron chi connectivity index (χ4n) is 4.31. The zero-order chi connectivity index (χ0) is 16.4. The molecule has 0 radical (unpaired) electrons. The Hall–Kier alpha value is -1.39. The van der Waals surface area contributed by atoms with Gasteiger partial charge in [0, 0.05) is 38.4 Å². The van der Waals surface area contributed by atoms with Gasteiger partial charge in [-0.15, -0.1) is 0 Å². The van der Waals surface area contributed by atoms with Crippen molar-refractivity contribution in [2.45, 2.75) is 56.0 Å². The second kappa shape index (κ2) is 6.85. The minimum absolute atomic E-state index is 0.220. The Labute approximate surface area is 144 Å². The van der Waals surface area contributed by atoms with Gasteiger partial charge in [-0.2, -0.15) is 0 Å². The van der Waals surface area contributed by atoms with Gasteiger partial charge in [-0.3, -0.25) is 4.79 Å². The van der Waals surface area contributed by atoms with Crippen LogP contribution in [0.5, 0.6) is 0 Å². The highest BCUT2D eigenvalue weighted by Gasteiger charge is 2.53. The molecule has 1 aromatic rings. The molecule has 4 nitrogen and oxygen atoms in total. The predicted octanol–water partition coefficient (Wildman–Crippen LogP) is 2.48. The molecule has 1 saturated carbocycles. The van der Waals surface area contributed by atoms with Gasteiger partial charge in [0.1, 0.15) is 0 Å². The van der Waals surface area contributed by atoms with Crippen LogP contribution in [0, 0.1) is 0 Å². The van der Waals surface area contributed by atoms with Crippen molar-refractivity contribution in [3.05, 3.63) is 35.9 Å². The summed E-state index contributed by atoms with van der Waals surface area (Å²) in [6, 6.07) is 11.4. The average molecular weight is 328 g/mol. The zero-order valence-electron chi connectivity index (χ0n) is 14.4. The maximum absolute atomic E-state index is 13.2. The molecule has 1 aromatic carbocycles. The molecule has 1 aliphatic carbocycles. The highest BCUT2D eigenvalue weighted by Crippen LogP contribution is 2.49. The van der Waals surface area contributed by atoms with Crippen molar-refractivity contribution in [3.63, 3.8) is 0 Å². The summed E-state index contributed by atoms with van der Waals surface area (Å²) in [6.45, 7) is 3.51. The maximum Gasteiger partial charge on any atom is 0.233 e. The normalized spacial score (nSPS) is 27.0. The molecule has 1 amide bonds. The van der Waals surface area contributed by atoms with E-state index in [2.05, 4.69) is 22.3 Å². The highest BCUT2D eigenvalue weighted by atomic mass is 16.5. The Morgan fingerprint density at radius 3 is 2.54 bits per heavy atom. The third-order valence-electron chi connectivity index (χ3n) is 5.89. The largest absolute Gasteiger partial charge is 0.381 e. The van der Waals surface area contributed by atoms with Gasteiger partial charge in [0.25, 0.3) is 0 Å². The number of carbonyl (C=O) groups is 1. The maximum atomic E-state index is 13.2. The molecule has 2 aliphatic heterocycles. The van der Waals surface area contributed by atoms with E-state index in [4.69, 9.17) is 4.74 Å². The molecule has 3 fully saturated rings. The van der Waals surface area contributed by atoms with E-state index in [9.17, 15) is 4.79 Å². The van der Waals surface area contributed by atoms with Gasteiger partial charge in [0.2, 0.25) is 5.91 Å². The number of hydrogen-bond acceptors (Lipinski definition) is 3. The minimum Gasteiger partial charge on any atom is -0.381 e. The second-order valence-electron chi connectivity index (χ2n) is 7.59. The number of amides is 1. The lowest BCUT2D eigenvalue weighted by atomic mass is 9.92. The number of nitrogens with one attached hydrogen (secondary N) is 1. The number of hydrogen-bond donors (Lipinski definition) is 1. The van der Waals surface area contributed by atoms with Crippen LogP contribution < -0.4 is 5.32 Å². The number of piperidine rings is 1. The first-order chi connectivity index (χ1) is 11.8. The van der Waals surface area contributed by atoms with E-state index in [1.165, 1.54) is 12.0 Å². The highest BCUT2D eigenvalue weighted by molar-refractivity contribution is 5.91. The molecule has 2 saturated heterocycles. The van der Waals surface area contributed by atoms with Crippen LogP contribution in [0.1, 0.15) is 44.1 Å². The predicted molar refractivity (Wildman–Crippen MR) is 93.9 cm³/mol. The first-order valence-corrected chi connectivity index (χ1v) is 9.47. The van der Waals surface area contributed by atoms with Crippen molar-refractivity contribution < 1.29 is 9.53 Å². The van der Waals surface area contributed by atoms with E-state index >= 15 is 0 Å². The van der Waals surface area contributed by atoms with Crippen LogP contribution in [0.3, 0.4) is 0 Å². The quantitative estimate of drug-likeness (QED) is 0.923. The van der Waals surface area contributed by atoms with Crippen molar-refractivity contribution in [2.75, 3.05) is 26.3 Å². The number of rotatable bonds is 4. The molecular formula is C20H28N2O2. The van der Waals surface area contributed by atoms with Crippen LogP contribution in [0.4, 0.5) is 0 Å². The standard InChI is InChI=1S/C20H28N2O2/c23-19(20(10-11-20)16-5-2-1-3-6-16)22-12-4-7-18(15-22)21-17-8-13-24-14-9-17/h1-3,5-6,17-18,21H,4,7-15H2. The lowest BCUT2D eigenvalue weighted by molar-refractivity contribution is -0.135. The molecule has 1 N–H and O–H groups in total. The topological polar surface area (TPSA) is 41.6 Å². The number of carbonyl (C=O) groups excluding carboxylic acids is 1. The molecule has 2 heterocycles. The summed E-state index contributed by atoms with van der Waals surface area (Å²) in [5, 5.41) is 3.78. The third kappa shape index (κ3) is 3.22. The van der Waals surface area contributed by atoms with Crippen LogP contribution in [-0.4, -0.2) is 49.2 Å². The molecule has 1 unspecified atom stereocenters. The fraction of sp³-hybridized carbons (Fsp3) is 0.650. The Morgan fingerprint density at radius 2 is 1.83 bits per heavy atom. The summed E-state index contributed by atoms with van der Waals surface area (Å²) < 4.78 is 5.45. The lowest BCUT2D eigenvalue weighted by Crippen LogP contribution is -2.53. The van der Waals surface area contributed by atoms with Crippen molar-refractivity contribution in [1.82, 2.24) is 10.2 Å². The van der Waals surface area contributed by atoms with Gasteiger partial charge in [0.15, 0.2) is 0 Å². The molecule has 0 aromatic heterocycles. The molecular weight excluding hydrogens is 300 g/mol. The summed E-state index contributed by atoms with van der Waals surface area (Å²) in [7, 11) is 0. The molecule has 4 rings (SSSR count). The number of likely N-dealkylation sites (tertiary alicyclic amines) is 1. The average Bonchev–Trinajstić information content (AvgIpc) is 3.45. The second-order valence-corrected chi connectivity index (χ2v) is 7.59. The molecule has 0 bridgehead atoms. The Morgan fingerprint density at radius 1 is 1.08 bits per heavy atom. The summed E-state index contributed by atoms with van der Waals surface area (Å²) in [5.41, 5.74) is 0.983. The van der Waals surface area contributed by atoms with Crippen molar-refractivity contribution in [3.8, 4) is 0 Å². The van der Waals surface area contributed by atoms with E-state index in [1.54, 1.807) is 0 Å². The van der Waals surface area contributed by atoms with Crippen LogP contribution in [0.25, 0.3) is 0 Å². The van der Waals surface area contributed by atoms with Gasteiger partial charge in [0.05, 0.1) is 5.41 Å².